The molecule has 1 saturated heterocycles. The average Bonchev–Trinajstić information content (AvgIpc) is 2.79. The summed E-state index contributed by atoms with van der Waals surface area (Å²) in [7, 11) is 0. The number of nitrogen functional groups attached to an aromatic ring is 1. The van der Waals surface area contributed by atoms with Crippen LogP contribution in [-0.4, -0.2) is 41.1 Å². The maximum absolute atomic E-state index is 13.3. The van der Waals surface area contributed by atoms with Gasteiger partial charge in [-0.25, -0.2) is 14.4 Å². The molecule has 0 unspecified atom stereocenters. The minimum absolute atomic E-state index is 0.221. The SMILES string of the molecule is Nc1nc(N2CCN(c3ccc(Cl)cc3)CC2)c2nc(-c3ccc(F)cc3)ccc2n1. The smallest absolute Gasteiger partial charge is 0.222 e. The van der Waals surface area contributed by atoms with E-state index in [0.717, 1.165) is 54.0 Å². The zero-order chi connectivity index (χ0) is 21.4. The normalized spacial score (nSPS) is 14.3. The first-order valence-electron chi connectivity index (χ1n) is 10.0. The van der Waals surface area contributed by atoms with E-state index >= 15 is 0 Å². The van der Waals surface area contributed by atoms with Crippen molar-refractivity contribution in [2.24, 2.45) is 0 Å². The van der Waals surface area contributed by atoms with Gasteiger partial charge in [-0.05, 0) is 60.7 Å². The van der Waals surface area contributed by atoms with Crippen LogP contribution in [0, 0.1) is 5.82 Å². The van der Waals surface area contributed by atoms with Crippen molar-refractivity contribution in [1.29, 1.82) is 0 Å². The summed E-state index contributed by atoms with van der Waals surface area (Å²) < 4.78 is 13.3. The van der Waals surface area contributed by atoms with E-state index in [1.54, 1.807) is 12.1 Å². The number of piperazine rings is 1. The topological polar surface area (TPSA) is 71.2 Å². The second-order valence-corrected chi connectivity index (χ2v) is 7.86. The quantitative estimate of drug-likeness (QED) is 0.515. The van der Waals surface area contributed by atoms with Crippen molar-refractivity contribution < 1.29 is 4.39 Å². The Balaban J connectivity index is 1.45. The van der Waals surface area contributed by atoms with Crippen LogP contribution in [-0.2, 0) is 0 Å². The summed E-state index contributed by atoms with van der Waals surface area (Å²) >= 11 is 6.01. The van der Waals surface area contributed by atoms with Crippen molar-refractivity contribution in [3.8, 4) is 11.3 Å². The fourth-order valence-corrected chi connectivity index (χ4v) is 3.97. The number of nitrogens with zero attached hydrogens (tertiary/aromatic N) is 5. The predicted molar refractivity (Wildman–Crippen MR) is 123 cm³/mol. The number of aromatic nitrogens is 3. The lowest BCUT2D eigenvalue weighted by Gasteiger charge is -2.37. The third-order valence-electron chi connectivity index (χ3n) is 5.45. The van der Waals surface area contributed by atoms with Gasteiger partial charge in [-0.15, -0.1) is 0 Å². The third kappa shape index (κ3) is 3.96. The van der Waals surface area contributed by atoms with Gasteiger partial charge in [0.1, 0.15) is 11.3 Å². The highest BCUT2D eigenvalue weighted by Crippen LogP contribution is 2.28. The van der Waals surface area contributed by atoms with E-state index in [1.165, 1.54) is 12.1 Å². The number of fused-ring (bicyclic) bond motifs is 1. The monoisotopic (exact) mass is 434 g/mol. The average molecular weight is 435 g/mol. The van der Waals surface area contributed by atoms with Crippen LogP contribution >= 0.6 is 11.6 Å². The number of halogens is 2. The Morgan fingerprint density at radius 3 is 2.16 bits per heavy atom. The van der Waals surface area contributed by atoms with Crippen LogP contribution < -0.4 is 15.5 Å². The van der Waals surface area contributed by atoms with E-state index in [2.05, 4.69) is 19.8 Å². The van der Waals surface area contributed by atoms with Crippen LogP contribution in [0.3, 0.4) is 0 Å². The zero-order valence-corrected chi connectivity index (χ0v) is 17.4. The number of hydrogen-bond donors (Lipinski definition) is 1. The van der Waals surface area contributed by atoms with Gasteiger partial charge < -0.3 is 15.5 Å². The van der Waals surface area contributed by atoms with E-state index in [1.807, 2.05) is 36.4 Å². The lowest BCUT2D eigenvalue weighted by atomic mass is 10.1. The number of rotatable bonds is 3. The minimum atomic E-state index is -0.278. The molecule has 1 fully saturated rings. The zero-order valence-electron chi connectivity index (χ0n) is 16.7. The fraction of sp³-hybridized carbons (Fsp3) is 0.174. The number of hydrogen-bond acceptors (Lipinski definition) is 6. The highest BCUT2D eigenvalue weighted by Gasteiger charge is 2.22. The van der Waals surface area contributed by atoms with Gasteiger partial charge in [-0.1, -0.05) is 11.6 Å². The van der Waals surface area contributed by atoms with Gasteiger partial charge in [0.05, 0.1) is 11.2 Å². The van der Waals surface area contributed by atoms with Gasteiger partial charge in [-0.2, -0.15) is 4.98 Å². The largest absolute Gasteiger partial charge is 0.368 e. The van der Waals surface area contributed by atoms with Crippen LogP contribution in [0.2, 0.25) is 5.02 Å². The Kier molecular flexibility index (Phi) is 5.03. The number of anilines is 3. The molecule has 0 radical (unpaired) electrons. The Bertz CT molecular complexity index is 1220. The Morgan fingerprint density at radius 2 is 1.45 bits per heavy atom. The first-order valence-corrected chi connectivity index (χ1v) is 10.4. The molecule has 4 aromatic rings. The number of pyridine rings is 1. The summed E-state index contributed by atoms with van der Waals surface area (Å²) in [6.07, 6.45) is 0. The van der Waals surface area contributed by atoms with Crippen molar-refractivity contribution in [2.45, 2.75) is 0 Å². The first-order chi connectivity index (χ1) is 15.1. The van der Waals surface area contributed by atoms with E-state index in [4.69, 9.17) is 22.3 Å². The van der Waals surface area contributed by atoms with Crippen molar-refractivity contribution in [3.63, 3.8) is 0 Å². The van der Waals surface area contributed by atoms with E-state index in [-0.39, 0.29) is 11.8 Å². The molecule has 2 aromatic carbocycles. The van der Waals surface area contributed by atoms with Crippen LogP contribution in [0.15, 0.2) is 60.7 Å². The Morgan fingerprint density at radius 1 is 0.774 bits per heavy atom. The lowest BCUT2D eigenvalue weighted by Crippen LogP contribution is -2.47. The molecule has 0 atom stereocenters. The summed E-state index contributed by atoms with van der Waals surface area (Å²) in [4.78, 5) is 18.2. The van der Waals surface area contributed by atoms with Gasteiger partial charge in [0.25, 0.3) is 0 Å². The van der Waals surface area contributed by atoms with Gasteiger partial charge in [-0.3, -0.25) is 0 Å². The lowest BCUT2D eigenvalue weighted by molar-refractivity contribution is 0.628. The van der Waals surface area contributed by atoms with Crippen molar-refractivity contribution in [2.75, 3.05) is 41.7 Å². The highest BCUT2D eigenvalue weighted by molar-refractivity contribution is 6.30. The molecule has 1 aliphatic rings. The van der Waals surface area contributed by atoms with Crippen molar-refractivity contribution in [1.82, 2.24) is 15.0 Å². The molecule has 0 aliphatic carbocycles. The molecule has 0 amide bonds. The summed E-state index contributed by atoms with van der Waals surface area (Å²) in [6, 6.07) is 17.9. The number of nitrogens with two attached hydrogens (primary N) is 1. The molecule has 2 aromatic heterocycles. The van der Waals surface area contributed by atoms with E-state index < -0.39 is 0 Å². The molecule has 3 heterocycles. The second kappa shape index (κ2) is 8.00. The molecular weight excluding hydrogens is 415 g/mol. The van der Waals surface area contributed by atoms with Crippen molar-refractivity contribution in [3.05, 3.63) is 71.5 Å². The van der Waals surface area contributed by atoms with Gasteiger partial charge in [0.15, 0.2) is 5.82 Å². The Hall–Kier alpha value is -3.45. The molecule has 8 heteroatoms. The van der Waals surface area contributed by atoms with Gasteiger partial charge in [0.2, 0.25) is 5.95 Å². The maximum atomic E-state index is 13.3. The van der Waals surface area contributed by atoms with Crippen LogP contribution in [0.25, 0.3) is 22.3 Å². The second-order valence-electron chi connectivity index (χ2n) is 7.43. The summed E-state index contributed by atoms with van der Waals surface area (Å²) in [5, 5.41) is 0.730. The molecule has 0 spiro atoms. The summed E-state index contributed by atoms with van der Waals surface area (Å²) in [6.45, 7) is 3.22. The van der Waals surface area contributed by atoms with Crippen LogP contribution in [0.4, 0.5) is 21.8 Å². The van der Waals surface area contributed by atoms with E-state index in [9.17, 15) is 4.39 Å². The molecular formula is C23H20ClFN6. The molecule has 1 aliphatic heterocycles. The first kappa shape index (κ1) is 19.5. The summed E-state index contributed by atoms with van der Waals surface area (Å²) in [5.41, 5.74) is 10.1. The van der Waals surface area contributed by atoms with Gasteiger partial charge >= 0.3 is 0 Å². The highest BCUT2D eigenvalue weighted by atomic mass is 35.5. The molecule has 5 rings (SSSR count). The molecule has 0 bridgehead atoms. The Labute approximate surface area is 184 Å². The molecule has 31 heavy (non-hydrogen) atoms. The molecule has 2 N–H and O–H groups in total. The fourth-order valence-electron chi connectivity index (χ4n) is 3.85. The number of benzene rings is 2. The molecule has 6 nitrogen and oxygen atoms in total. The van der Waals surface area contributed by atoms with Crippen LogP contribution in [0.1, 0.15) is 0 Å². The predicted octanol–water partition coefficient (Wildman–Crippen LogP) is 4.39. The van der Waals surface area contributed by atoms with E-state index in [0.29, 0.717) is 11.0 Å². The summed E-state index contributed by atoms with van der Waals surface area (Å²) in [5.74, 6) is 0.668. The molecule has 156 valence electrons. The maximum Gasteiger partial charge on any atom is 0.222 e. The van der Waals surface area contributed by atoms with Gasteiger partial charge in [0, 0.05) is 42.5 Å². The molecule has 0 saturated carbocycles. The standard InChI is InChI=1S/C23H20ClFN6/c24-16-3-7-18(8-4-16)30-11-13-31(14-12-30)22-21-20(28-23(26)29-22)10-9-19(27-21)15-1-5-17(25)6-2-15/h1-10H,11-14H2,(H2,26,28,29). The van der Waals surface area contributed by atoms with Crippen LogP contribution in [0.5, 0.6) is 0 Å². The third-order valence-corrected chi connectivity index (χ3v) is 5.70. The minimum Gasteiger partial charge on any atom is -0.368 e. The van der Waals surface area contributed by atoms with Crippen molar-refractivity contribution >= 4 is 40.1 Å².